The molecular weight excluding hydrogens is 368 g/mol. The molecule has 1 saturated heterocycles. The SMILES string of the molecule is COc1cc(CN2CCN(Cc3cc(C(C)C)n[nH]3)CC2CCO)cc(OC)c1. The molecule has 1 aliphatic rings. The quantitative estimate of drug-likeness (QED) is 0.672. The third kappa shape index (κ3) is 5.72. The smallest absolute Gasteiger partial charge is 0.122 e. The molecular formula is C22H34N4O3. The molecule has 7 heteroatoms. The summed E-state index contributed by atoms with van der Waals surface area (Å²) in [5, 5.41) is 17.2. The summed E-state index contributed by atoms with van der Waals surface area (Å²) in [6, 6.07) is 8.48. The zero-order valence-corrected chi connectivity index (χ0v) is 18.0. The molecule has 0 radical (unpaired) electrons. The highest BCUT2D eigenvalue weighted by Gasteiger charge is 2.27. The second-order valence-electron chi connectivity index (χ2n) is 8.07. The minimum Gasteiger partial charge on any atom is -0.497 e. The van der Waals surface area contributed by atoms with E-state index < -0.39 is 0 Å². The van der Waals surface area contributed by atoms with Crippen molar-refractivity contribution in [1.82, 2.24) is 20.0 Å². The topological polar surface area (TPSA) is 73.9 Å². The molecule has 1 fully saturated rings. The summed E-state index contributed by atoms with van der Waals surface area (Å²) in [4.78, 5) is 4.90. The van der Waals surface area contributed by atoms with Crippen LogP contribution in [0.25, 0.3) is 0 Å². The minimum absolute atomic E-state index is 0.192. The zero-order valence-electron chi connectivity index (χ0n) is 18.0. The highest BCUT2D eigenvalue weighted by Crippen LogP contribution is 2.25. The maximum absolute atomic E-state index is 9.61. The van der Waals surface area contributed by atoms with E-state index in [0.29, 0.717) is 12.0 Å². The standard InChI is InChI=1S/C22H34N4O3/c1-16(2)22-11-18(23-24-22)14-25-6-7-26(19(15-25)5-8-27)13-17-9-20(28-3)12-21(10-17)29-4/h9-12,16,19,27H,5-8,13-15H2,1-4H3,(H,23,24). The first kappa shape index (κ1) is 21.6. The fourth-order valence-electron chi connectivity index (χ4n) is 3.92. The molecule has 2 aromatic rings. The maximum atomic E-state index is 9.61. The lowest BCUT2D eigenvalue weighted by atomic mass is 10.1. The van der Waals surface area contributed by atoms with Crippen molar-refractivity contribution in [3.63, 3.8) is 0 Å². The number of aliphatic hydroxyl groups excluding tert-OH is 1. The molecule has 29 heavy (non-hydrogen) atoms. The van der Waals surface area contributed by atoms with E-state index in [1.54, 1.807) is 14.2 Å². The maximum Gasteiger partial charge on any atom is 0.122 e. The fraction of sp³-hybridized carbons (Fsp3) is 0.591. The van der Waals surface area contributed by atoms with Gasteiger partial charge in [0.2, 0.25) is 0 Å². The van der Waals surface area contributed by atoms with Crippen molar-refractivity contribution in [2.45, 2.75) is 45.3 Å². The van der Waals surface area contributed by atoms with Crippen LogP contribution in [0.2, 0.25) is 0 Å². The van der Waals surface area contributed by atoms with Gasteiger partial charge in [-0.05, 0) is 36.1 Å². The Labute approximate surface area is 173 Å². The van der Waals surface area contributed by atoms with Gasteiger partial charge in [-0.15, -0.1) is 0 Å². The molecule has 1 atom stereocenters. The van der Waals surface area contributed by atoms with Gasteiger partial charge in [-0.3, -0.25) is 14.9 Å². The van der Waals surface area contributed by atoms with Crippen LogP contribution in [0.3, 0.4) is 0 Å². The number of hydrogen-bond acceptors (Lipinski definition) is 6. The van der Waals surface area contributed by atoms with Gasteiger partial charge in [-0.25, -0.2) is 0 Å². The average molecular weight is 403 g/mol. The zero-order chi connectivity index (χ0) is 20.8. The van der Waals surface area contributed by atoms with Crippen LogP contribution in [0.15, 0.2) is 24.3 Å². The lowest BCUT2D eigenvalue weighted by Crippen LogP contribution is -2.52. The van der Waals surface area contributed by atoms with Gasteiger partial charge in [-0.2, -0.15) is 5.10 Å². The Morgan fingerprint density at radius 1 is 1.10 bits per heavy atom. The Bertz CT molecular complexity index is 755. The fourth-order valence-corrected chi connectivity index (χ4v) is 3.92. The molecule has 2 N–H and O–H groups in total. The van der Waals surface area contributed by atoms with E-state index in [0.717, 1.165) is 67.6 Å². The van der Waals surface area contributed by atoms with E-state index >= 15 is 0 Å². The number of aromatic amines is 1. The Hall–Kier alpha value is -2.09. The number of piperazine rings is 1. The van der Waals surface area contributed by atoms with Crippen LogP contribution in [0.1, 0.15) is 43.1 Å². The van der Waals surface area contributed by atoms with Crippen LogP contribution in [0.4, 0.5) is 0 Å². The molecule has 160 valence electrons. The number of hydrogen-bond donors (Lipinski definition) is 2. The Kier molecular flexibility index (Phi) is 7.52. The second-order valence-corrected chi connectivity index (χ2v) is 8.07. The van der Waals surface area contributed by atoms with E-state index in [1.807, 2.05) is 6.07 Å². The molecule has 1 aromatic heterocycles. The van der Waals surface area contributed by atoms with Crippen LogP contribution in [-0.2, 0) is 13.1 Å². The molecule has 1 aliphatic heterocycles. The molecule has 3 rings (SSSR count). The number of aliphatic hydroxyl groups is 1. The molecule has 0 saturated carbocycles. The number of H-pyrrole nitrogens is 1. The van der Waals surface area contributed by atoms with Gasteiger partial charge in [0.15, 0.2) is 0 Å². The van der Waals surface area contributed by atoms with Gasteiger partial charge < -0.3 is 14.6 Å². The summed E-state index contributed by atoms with van der Waals surface area (Å²) >= 11 is 0. The van der Waals surface area contributed by atoms with Crippen LogP contribution in [-0.4, -0.2) is 71.6 Å². The predicted octanol–water partition coefficient (Wildman–Crippen LogP) is 2.62. The van der Waals surface area contributed by atoms with Crippen LogP contribution < -0.4 is 9.47 Å². The summed E-state index contributed by atoms with van der Waals surface area (Å²) < 4.78 is 10.8. The summed E-state index contributed by atoms with van der Waals surface area (Å²) in [6.45, 7) is 9.05. The van der Waals surface area contributed by atoms with E-state index in [9.17, 15) is 5.11 Å². The van der Waals surface area contributed by atoms with E-state index in [1.165, 1.54) is 0 Å². The van der Waals surface area contributed by atoms with Gasteiger partial charge >= 0.3 is 0 Å². The number of nitrogens with one attached hydrogen (secondary N) is 1. The van der Waals surface area contributed by atoms with Crippen molar-refractivity contribution < 1.29 is 14.6 Å². The number of methoxy groups -OCH3 is 2. The summed E-state index contributed by atoms with van der Waals surface area (Å²) in [6.07, 6.45) is 0.762. The van der Waals surface area contributed by atoms with E-state index in [-0.39, 0.29) is 6.61 Å². The van der Waals surface area contributed by atoms with Gasteiger partial charge in [0.1, 0.15) is 11.5 Å². The first-order chi connectivity index (χ1) is 14.0. The molecule has 0 amide bonds. The number of ether oxygens (including phenoxy) is 2. The van der Waals surface area contributed by atoms with Crippen molar-refractivity contribution in [2.75, 3.05) is 40.5 Å². The summed E-state index contributed by atoms with van der Waals surface area (Å²) in [5.74, 6) is 2.03. The number of aromatic nitrogens is 2. The molecule has 2 heterocycles. The molecule has 0 bridgehead atoms. The van der Waals surface area contributed by atoms with Crippen molar-refractivity contribution in [3.05, 3.63) is 41.2 Å². The van der Waals surface area contributed by atoms with Crippen molar-refractivity contribution in [2.24, 2.45) is 0 Å². The molecule has 0 spiro atoms. The van der Waals surface area contributed by atoms with Crippen molar-refractivity contribution >= 4 is 0 Å². The Morgan fingerprint density at radius 3 is 2.41 bits per heavy atom. The van der Waals surface area contributed by atoms with Gasteiger partial charge in [-0.1, -0.05) is 13.8 Å². The summed E-state index contributed by atoms with van der Waals surface area (Å²) in [5.41, 5.74) is 3.42. The number of benzene rings is 1. The molecule has 1 aromatic carbocycles. The number of rotatable bonds is 9. The van der Waals surface area contributed by atoms with Crippen LogP contribution >= 0.6 is 0 Å². The van der Waals surface area contributed by atoms with Crippen LogP contribution in [0.5, 0.6) is 11.5 Å². The van der Waals surface area contributed by atoms with E-state index in [2.05, 4.69) is 52.0 Å². The van der Waals surface area contributed by atoms with E-state index in [4.69, 9.17) is 9.47 Å². The predicted molar refractivity (Wildman–Crippen MR) is 113 cm³/mol. The van der Waals surface area contributed by atoms with Crippen molar-refractivity contribution in [1.29, 1.82) is 0 Å². The van der Waals surface area contributed by atoms with Crippen molar-refractivity contribution in [3.8, 4) is 11.5 Å². The normalized spacial score (nSPS) is 18.3. The third-order valence-electron chi connectivity index (χ3n) is 5.58. The first-order valence-electron chi connectivity index (χ1n) is 10.4. The molecule has 1 unspecified atom stereocenters. The second kappa shape index (κ2) is 10.1. The van der Waals surface area contributed by atoms with Gasteiger partial charge in [0.05, 0.1) is 19.9 Å². The lowest BCUT2D eigenvalue weighted by Gasteiger charge is -2.41. The minimum atomic E-state index is 0.192. The van der Waals surface area contributed by atoms with Gasteiger partial charge in [0, 0.05) is 57.1 Å². The first-order valence-corrected chi connectivity index (χ1v) is 10.4. The monoisotopic (exact) mass is 402 g/mol. The Morgan fingerprint density at radius 2 is 1.83 bits per heavy atom. The highest BCUT2D eigenvalue weighted by atomic mass is 16.5. The lowest BCUT2D eigenvalue weighted by molar-refractivity contribution is 0.0493. The average Bonchev–Trinajstić information content (AvgIpc) is 3.18. The Balaban J connectivity index is 1.65. The largest absolute Gasteiger partial charge is 0.497 e. The summed E-state index contributed by atoms with van der Waals surface area (Å²) in [7, 11) is 3.35. The molecule has 0 aliphatic carbocycles. The third-order valence-corrected chi connectivity index (χ3v) is 5.58. The van der Waals surface area contributed by atoms with Gasteiger partial charge in [0.25, 0.3) is 0 Å². The molecule has 7 nitrogen and oxygen atoms in total. The van der Waals surface area contributed by atoms with Crippen LogP contribution in [0, 0.1) is 0 Å². The number of nitrogens with zero attached hydrogens (tertiary/aromatic N) is 3. The highest BCUT2D eigenvalue weighted by molar-refractivity contribution is 5.38.